The second-order valence-corrected chi connectivity index (χ2v) is 6.39. The fourth-order valence-electron chi connectivity index (χ4n) is 2.49. The molecule has 1 atom stereocenters. The molecule has 1 unspecified atom stereocenters. The summed E-state index contributed by atoms with van der Waals surface area (Å²) in [5.74, 6) is 0.0295. The summed E-state index contributed by atoms with van der Waals surface area (Å²) in [4.78, 5) is 14.6. The van der Waals surface area contributed by atoms with Gasteiger partial charge in [-0.1, -0.05) is 23.7 Å². The SMILES string of the molecule is CC(C(=O)NC(C)(C)c1cccc(Cl)c1)N1CCOCC1. The topological polar surface area (TPSA) is 41.6 Å². The van der Waals surface area contributed by atoms with Gasteiger partial charge in [0, 0.05) is 18.1 Å². The Morgan fingerprint density at radius 3 is 2.67 bits per heavy atom. The molecule has 2 rings (SSSR count). The summed E-state index contributed by atoms with van der Waals surface area (Å²) in [7, 11) is 0. The zero-order chi connectivity index (χ0) is 15.5. The molecular weight excluding hydrogens is 288 g/mol. The molecule has 0 bridgehead atoms. The van der Waals surface area contributed by atoms with Gasteiger partial charge in [0.15, 0.2) is 0 Å². The van der Waals surface area contributed by atoms with Crippen molar-refractivity contribution >= 4 is 17.5 Å². The number of amides is 1. The van der Waals surface area contributed by atoms with Gasteiger partial charge in [-0.15, -0.1) is 0 Å². The molecule has 4 nitrogen and oxygen atoms in total. The number of halogens is 1. The van der Waals surface area contributed by atoms with Crippen LogP contribution in [-0.4, -0.2) is 43.2 Å². The van der Waals surface area contributed by atoms with E-state index in [1.165, 1.54) is 0 Å². The zero-order valence-electron chi connectivity index (χ0n) is 12.9. The molecule has 1 aliphatic rings. The minimum absolute atomic E-state index is 0.0295. The number of hydrogen-bond acceptors (Lipinski definition) is 3. The molecule has 1 aromatic rings. The van der Waals surface area contributed by atoms with E-state index in [2.05, 4.69) is 10.2 Å². The van der Waals surface area contributed by atoms with Gasteiger partial charge in [0.1, 0.15) is 0 Å². The summed E-state index contributed by atoms with van der Waals surface area (Å²) < 4.78 is 5.32. The second-order valence-electron chi connectivity index (χ2n) is 5.95. The van der Waals surface area contributed by atoms with Crippen molar-refractivity contribution in [2.45, 2.75) is 32.4 Å². The van der Waals surface area contributed by atoms with E-state index in [0.29, 0.717) is 18.2 Å². The van der Waals surface area contributed by atoms with Gasteiger partial charge in [-0.3, -0.25) is 9.69 Å². The van der Waals surface area contributed by atoms with Crippen molar-refractivity contribution in [1.82, 2.24) is 10.2 Å². The minimum Gasteiger partial charge on any atom is -0.379 e. The van der Waals surface area contributed by atoms with E-state index in [0.717, 1.165) is 18.7 Å². The molecule has 21 heavy (non-hydrogen) atoms. The number of benzene rings is 1. The number of rotatable bonds is 4. The van der Waals surface area contributed by atoms with E-state index in [9.17, 15) is 4.79 Å². The third-order valence-corrected chi connectivity index (χ3v) is 4.19. The highest BCUT2D eigenvalue weighted by molar-refractivity contribution is 6.30. The lowest BCUT2D eigenvalue weighted by Crippen LogP contribution is -2.53. The minimum atomic E-state index is -0.456. The summed E-state index contributed by atoms with van der Waals surface area (Å²) in [5, 5.41) is 3.79. The van der Waals surface area contributed by atoms with Crippen LogP contribution in [0, 0.1) is 0 Å². The van der Waals surface area contributed by atoms with Crippen LogP contribution < -0.4 is 5.32 Å². The van der Waals surface area contributed by atoms with Crippen molar-refractivity contribution in [3.63, 3.8) is 0 Å². The predicted octanol–water partition coefficient (Wildman–Crippen LogP) is 2.41. The van der Waals surface area contributed by atoms with Crippen molar-refractivity contribution in [3.05, 3.63) is 34.9 Å². The first-order valence-electron chi connectivity index (χ1n) is 7.30. The Labute approximate surface area is 131 Å². The first-order chi connectivity index (χ1) is 9.90. The molecule has 0 spiro atoms. The Kier molecular flexibility index (Phi) is 5.25. The van der Waals surface area contributed by atoms with Crippen molar-refractivity contribution < 1.29 is 9.53 Å². The molecule has 1 heterocycles. The smallest absolute Gasteiger partial charge is 0.237 e. The van der Waals surface area contributed by atoms with Crippen molar-refractivity contribution in [2.24, 2.45) is 0 Å². The van der Waals surface area contributed by atoms with Gasteiger partial charge in [0.25, 0.3) is 0 Å². The van der Waals surface area contributed by atoms with E-state index in [-0.39, 0.29) is 11.9 Å². The highest BCUT2D eigenvalue weighted by Gasteiger charge is 2.29. The van der Waals surface area contributed by atoms with Crippen molar-refractivity contribution in [3.8, 4) is 0 Å². The Morgan fingerprint density at radius 2 is 2.05 bits per heavy atom. The summed E-state index contributed by atoms with van der Waals surface area (Å²) in [6.07, 6.45) is 0. The highest BCUT2D eigenvalue weighted by atomic mass is 35.5. The number of carbonyl (C=O) groups excluding carboxylic acids is 1. The average molecular weight is 311 g/mol. The first-order valence-corrected chi connectivity index (χ1v) is 7.68. The van der Waals surface area contributed by atoms with E-state index in [1.807, 2.05) is 45.0 Å². The van der Waals surface area contributed by atoms with Gasteiger partial charge in [-0.2, -0.15) is 0 Å². The third-order valence-electron chi connectivity index (χ3n) is 3.95. The molecule has 0 radical (unpaired) electrons. The lowest BCUT2D eigenvalue weighted by molar-refractivity contribution is -0.129. The number of nitrogens with one attached hydrogen (secondary N) is 1. The Balaban J connectivity index is 2.03. The molecule has 1 fully saturated rings. The Morgan fingerprint density at radius 1 is 1.38 bits per heavy atom. The zero-order valence-corrected chi connectivity index (χ0v) is 13.6. The van der Waals surface area contributed by atoms with Crippen LogP contribution in [0.1, 0.15) is 26.3 Å². The van der Waals surface area contributed by atoms with Crippen molar-refractivity contribution in [1.29, 1.82) is 0 Å². The van der Waals surface area contributed by atoms with Gasteiger partial charge in [0.2, 0.25) is 5.91 Å². The van der Waals surface area contributed by atoms with Crippen LogP contribution in [0.3, 0.4) is 0 Å². The predicted molar refractivity (Wildman–Crippen MR) is 84.5 cm³/mol. The summed E-state index contributed by atoms with van der Waals surface area (Å²) >= 11 is 6.04. The number of carbonyl (C=O) groups is 1. The fraction of sp³-hybridized carbons (Fsp3) is 0.562. The molecule has 1 aromatic carbocycles. The lowest BCUT2D eigenvalue weighted by Gasteiger charge is -2.34. The lowest BCUT2D eigenvalue weighted by atomic mass is 9.94. The summed E-state index contributed by atoms with van der Waals surface area (Å²) in [5.41, 5.74) is 0.542. The number of ether oxygens (including phenoxy) is 1. The van der Waals surface area contributed by atoms with E-state index >= 15 is 0 Å². The summed E-state index contributed by atoms with van der Waals surface area (Å²) in [6.45, 7) is 8.89. The molecule has 116 valence electrons. The van der Waals surface area contributed by atoms with Gasteiger partial charge in [-0.05, 0) is 38.5 Å². The van der Waals surface area contributed by atoms with Crippen LogP contribution in [0.4, 0.5) is 0 Å². The average Bonchev–Trinajstić information content (AvgIpc) is 2.47. The van der Waals surface area contributed by atoms with E-state index < -0.39 is 5.54 Å². The van der Waals surface area contributed by atoms with Crippen LogP contribution in [0.5, 0.6) is 0 Å². The largest absolute Gasteiger partial charge is 0.379 e. The molecule has 0 aliphatic carbocycles. The van der Waals surface area contributed by atoms with E-state index in [1.54, 1.807) is 0 Å². The maximum Gasteiger partial charge on any atom is 0.237 e. The van der Waals surface area contributed by atoms with Crippen LogP contribution in [0.25, 0.3) is 0 Å². The van der Waals surface area contributed by atoms with Crippen LogP contribution in [0.2, 0.25) is 5.02 Å². The molecule has 1 amide bonds. The van der Waals surface area contributed by atoms with Crippen LogP contribution >= 0.6 is 11.6 Å². The Bertz CT molecular complexity index is 499. The molecule has 0 aromatic heterocycles. The maximum absolute atomic E-state index is 12.5. The van der Waals surface area contributed by atoms with Gasteiger partial charge in [0.05, 0.1) is 24.8 Å². The highest BCUT2D eigenvalue weighted by Crippen LogP contribution is 2.23. The molecule has 5 heteroatoms. The quantitative estimate of drug-likeness (QED) is 0.928. The summed E-state index contributed by atoms with van der Waals surface area (Å²) in [6, 6.07) is 7.44. The van der Waals surface area contributed by atoms with Gasteiger partial charge < -0.3 is 10.1 Å². The van der Waals surface area contributed by atoms with Gasteiger partial charge in [-0.25, -0.2) is 0 Å². The fourth-order valence-corrected chi connectivity index (χ4v) is 2.68. The Hall–Kier alpha value is -1.10. The maximum atomic E-state index is 12.5. The number of hydrogen-bond donors (Lipinski definition) is 1. The van der Waals surface area contributed by atoms with Crippen LogP contribution in [0.15, 0.2) is 24.3 Å². The third kappa shape index (κ3) is 4.19. The van der Waals surface area contributed by atoms with E-state index in [4.69, 9.17) is 16.3 Å². The molecule has 1 saturated heterocycles. The normalized spacial score (nSPS) is 18.3. The molecule has 1 N–H and O–H groups in total. The van der Waals surface area contributed by atoms with Crippen LogP contribution in [-0.2, 0) is 15.1 Å². The second kappa shape index (κ2) is 6.77. The molecule has 0 saturated carbocycles. The molecule has 1 aliphatic heterocycles. The molecular formula is C16H23ClN2O2. The van der Waals surface area contributed by atoms with Crippen molar-refractivity contribution in [2.75, 3.05) is 26.3 Å². The number of nitrogens with zero attached hydrogens (tertiary/aromatic N) is 1. The standard InChI is InChI=1S/C16H23ClN2O2/c1-12(19-7-9-21-10-8-19)15(20)18-16(2,3)13-5-4-6-14(17)11-13/h4-6,11-12H,7-10H2,1-3H3,(H,18,20). The first kappa shape index (κ1) is 16.3. The number of morpholine rings is 1. The van der Waals surface area contributed by atoms with Gasteiger partial charge >= 0.3 is 0 Å². The monoisotopic (exact) mass is 310 g/mol.